The van der Waals surface area contributed by atoms with Gasteiger partial charge in [0, 0.05) is 0 Å². The largest absolute Gasteiger partial charge is 0.121 e. The first-order valence-electron chi connectivity index (χ1n) is 3.98. The Hall–Kier alpha value is 0.580. The zero-order valence-corrected chi connectivity index (χ0v) is 8.04. The van der Waals surface area contributed by atoms with Gasteiger partial charge in [0.05, 0.1) is 10.3 Å². The minimum absolute atomic E-state index is 0.0367. The van der Waals surface area contributed by atoms with Crippen LogP contribution >= 0.6 is 23.2 Å². The molecule has 0 aromatic heterocycles. The molecule has 0 aliphatic heterocycles. The Balaban J connectivity index is 2.42. The zero-order valence-electron chi connectivity index (χ0n) is 6.53. The summed E-state index contributed by atoms with van der Waals surface area (Å²) in [7, 11) is 0. The van der Waals surface area contributed by atoms with E-state index in [9.17, 15) is 0 Å². The lowest BCUT2D eigenvalue weighted by atomic mass is 10.1. The van der Waals surface area contributed by atoms with E-state index in [-0.39, 0.29) is 10.3 Å². The summed E-state index contributed by atoms with van der Waals surface area (Å²) in [6, 6.07) is 0. The van der Waals surface area contributed by atoms with E-state index in [1.54, 1.807) is 0 Å². The fraction of sp³-hybridized carbons (Fsp3) is 1.00. The SMILES string of the molecule is CCC(Cl)C1(Cl)CC1CC. The Labute approximate surface area is 72.9 Å². The van der Waals surface area contributed by atoms with Gasteiger partial charge in [0.2, 0.25) is 0 Å². The van der Waals surface area contributed by atoms with Crippen molar-refractivity contribution in [3.63, 3.8) is 0 Å². The lowest BCUT2D eigenvalue weighted by molar-refractivity contribution is 0.656. The first-order valence-corrected chi connectivity index (χ1v) is 4.79. The summed E-state index contributed by atoms with van der Waals surface area (Å²) in [4.78, 5) is -0.0367. The van der Waals surface area contributed by atoms with Gasteiger partial charge < -0.3 is 0 Å². The molecule has 0 N–H and O–H groups in total. The molecule has 0 spiro atoms. The smallest absolute Gasteiger partial charge is 0.0641 e. The number of hydrogen-bond donors (Lipinski definition) is 0. The van der Waals surface area contributed by atoms with E-state index in [0.29, 0.717) is 5.92 Å². The van der Waals surface area contributed by atoms with Crippen LogP contribution in [0, 0.1) is 5.92 Å². The molecule has 1 aliphatic carbocycles. The van der Waals surface area contributed by atoms with Gasteiger partial charge in [-0.3, -0.25) is 0 Å². The predicted molar refractivity (Wildman–Crippen MR) is 46.9 cm³/mol. The summed E-state index contributed by atoms with van der Waals surface area (Å²) in [6.07, 6.45) is 3.28. The van der Waals surface area contributed by atoms with Crippen molar-refractivity contribution in [1.29, 1.82) is 0 Å². The van der Waals surface area contributed by atoms with Gasteiger partial charge >= 0.3 is 0 Å². The molecule has 10 heavy (non-hydrogen) atoms. The summed E-state index contributed by atoms with van der Waals surface area (Å²) in [5.74, 6) is 0.677. The van der Waals surface area contributed by atoms with Crippen molar-refractivity contribution in [2.75, 3.05) is 0 Å². The van der Waals surface area contributed by atoms with Gasteiger partial charge in [-0.1, -0.05) is 20.3 Å². The van der Waals surface area contributed by atoms with Crippen LogP contribution in [-0.4, -0.2) is 10.3 Å². The third kappa shape index (κ3) is 1.29. The number of halogens is 2. The molecule has 0 amide bonds. The molecule has 0 heterocycles. The number of alkyl halides is 2. The highest BCUT2D eigenvalue weighted by Gasteiger charge is 2.55. The second-order valence-electron chi connectivity index (χ2n) is 3.11. The Morgan fingerprint density at radius 2 is 2.20 bits per heavy atom. The normalized spacial score (nSPS) is 41.4. The van der Waals surface area contributed by atoms with Gasteiger partial charge in [-0.25, -0.2) is 0 Å². The zero-order chi connectivity index (χ0) is 7.78. The monoisotopic (exact) mass is 180 g/mol. The summed E-state index contributed by atoms with van der Waals surface area (Å²) in [5.41, 5.74) is 0. The van der Waals surface area contributed by atoms with Crippen molar-refractivity contribution in [1.82, 2.24) is 0 Å². The number of hydrogen-bond acceptors (Lipinski definition) is 0. The van der Waals surface area contributed by atoms with Gasteiger partial charge in [0.25, 0.3) is 0 Å². The van der Waals surface area contributed by atoms with E-state index < -0.39 is 0 Å². The maximum atomic E-state index is 6.23. The van der Waals surface area contributed by atoms with Gasteiger partial charge in [-0.2, -0.15) is 0 Å². The van der Waals surface area contributed by atoms with Gasteiger partial charge in [-0.05, 0) is 18.8 Å². The van der Waals surface area contributed by atoms with Crippen LogP contribution in [0.3, 0.4) is 0 Å². The Kier molecular flexibility index (Phi) is 2.52. The molecule has 1 aliphatic rings. The Morgan fingerprint density at radius 1 is 1.60 bits per heavy atom. The van der Waals surface area contributed by atoms with E-state index in [1.165, 1.54) is 6.42 Å². The van der Waals surface area contributed by atoms with E-state index in [1.807, 2.05) is 0 Å². The fourth-order valence-electron chi connectivity index (χ4n) is 1.53. The highest BCUT2D eigenvalue weighted by atomic mass is 35.5. The van der Waals surface area contributed by atoms with E-state index in [2.05, 4.69) is 13.8 Å². The van der Waals surface area contributed by atoms with Crippen molar-refractivity contribution in [2.45, 2.75) is 43.4 Å². The average Bonchev–Trinajstić information content (AvgIpc) is 2.61. The predicted octanol–water partition coefficient (Wildman–Crippen LogP) is 3.41. The quantitative estimate of drug-likeness (QED) is 0.585. The second kappa shape index (κ2) is 2.91. The summed E-state index contributed by atoms with van der Waals surface area (Å²) < 4.78 is 0. The number of rotatable bonds is 3. The fourth-order valence-corrected chi connectivity index (χ4v) is 2.29. The summed E-state index contributed by atoms with van der Waals surface area (Å²) >= 11 is 12.3. The standard InChI is InChI=1S/C8H14Cl2/c1-3-6-5-8(6,10)7(9)4-2/h6-7H,3-5H2,1-2H3. The van der Waals surface area contributed by atoms with Crippen molar-refractivity contribution in [3.05, 3.63) is 0 Å². The molecule has 3 unspecified atom stereocenters. The van der Waals surface area contributed by atoms with Crippen LogP contribution in [0.25, 0.3) is 0 Å². The molecule has 60 valence electrons. The molecule has 1 saturated carbocycles. The highest BCUT2D eigenvalue weighted by Crippen LogP contribution is 2.56. The van der Waals surface area contributed by atoms with Crippen LogP contribution in [0.5, 0.6) is 0 Å². The van der Waals surface area contributed by atoms with Gasteiger partial charge in [0.1, 0.15) is 0 Å². The van der Waals surface area contributed by atoms with Crippen LogP contribution in [0.2, 0.25) is 0 Å². The van der Waals surface area contributed by atoms with E-state index in [4.69, 9.17) is 23.2 Å². The van der Waals surface area contributed by atoms with Crippen molar-refractivity contribution < 1.29 is 0 Å². The lowest BCUT2D eigenvalue weighted by Crippen LogP contribution is -2.17. The molecule has 2 heteroatoms. The van der Waals surface area contributed by atoms with Gasteiger partial charge in [0.15, 0.2) is 0 Å². The molecule has 1 fully saturated rings. The van der Waals surface area contributed by atoms with Gasteiger partial charge in [-0.15, -0.1) is 23.2 Å². The van der Waals surface area contributed by atoms with E-state index >= 15 is 0 Å². The highest BCUT2D eigenvalue weighted by molar-refractivity contribution is 6.34. The Bertz CT molecular complexity index is 124. The first-order chi connectivity index (χ1) is 4.65. The lowest BCUT2D eigenvalue weighted by Gasteiger charge is -2.13. The average molecular weight is 181 g/mol. The van der Waals surface area contributed by atoms with Crippen LogP contribution < -0.4 is 0 Å². The first kappa shape index (κ1) is 8.67. The maximum absolute atomic E-state index is 6.23. The minimum atomic E-state index is -0.0367. The molecule has 0 saturated heterocycles. The van der Waals surface area contributed by atoms with Crippen LogP contribution in [0.15, 0.2) is 0 Å². The topological polar surface area (TPSA) is 0 Å². The maximum Gasteiger partial charge on any atom is 0.0641 e. The van der Waals surface area contributed by atoms with Crippen molar-refractivity contribution in [2.24, 2.45) is 5.92 Å². The van der Waals surface area contributed by atoms with E-state index in [0.717, 1.165) is 12.8 Å². The van der Waals surface area contributed by atoms with Crippen LogP contribution in [-0.2, 0) is 0 Å². The molecular weight excluding hydrogens is 167 g/mol. The summed E-state index contributed by atoms with van der Waals surface area (Å²) in [5, 5.41) is 0.180. The van der Waals surface area contributed by atoms with Crippen molar-refractivity contribution in [3.8, 4) is 0 Å². The molecule has 1 rings (SSSR count). The van der Waals surface area contributed by atoms with Crippen LogP contribution in [0.1, 0.15) is 33.1 Å². The molecule has 3 atom stereocenters. The van der Waals surface area contributed by atoms with Crippen molar-refractivity contribution >= 4 is 23.2 Å². The molecule has 0 aromatic rings. The molecule has 0 aromatic carbocycles. The molecule has 0 nitrogen and oxygen atoms in total. The molecular formula is C8H14Cl2. The molecule has 0 bridgehead atoms. The third-order valence-electron chi connectivity index (χ3n) is 2.45. The Morgan fingerprint density at radius 3 is 2.50 bits per heavy atom. The second-order valence-corrected chi connectivity index (χ2v) is 4.34. The summed E-state index contributed by atoms with van der Waals surface area (Å²) in [6.45, 7) is 4.26. The third-order valence-corrected chi connectivity index (χ3v) is 3.99. The van der Waals surface area contributed by atoms with Crippen LogP contribution in [0.4, 0.5) is 0 Å². The minimum Gasteiger partial charge on any atom is -0.121 e. The molecule has 0 radical (unpaired) electrons.